The third-order valence-corrected chi connectivity index (χ3v) is 5.40. The van der Waals surface area contributed by atoms with Gasteiger partial charge in [0.1, 0.15) is 0 Å². The highest BCUT2D eigenvalue weighted by Crippen LogP contribution is 2.45. The fraction of sp³-hybridized carbons (Fsp3) is 0.615. The SMILES string of the molecule is O=C(O)CC1(CCc2ccc(Br)s2)CCCC1. The van der Waals surface area contributed by atoms with Crippen molar-refractivity contribution in [3.05, 3.63) is 20.8 Å². The maximum Gasteiger partial charge on any atom is 0.303 e. The van der Waals surface area contributed by atoms with E-state index in [-0.39, 0.29) is 5.41 Å². The van der Waals surface area contributed by atoms with Gasteiger partial charge in [-0.25, -0.2) is 0 Å². The van der Waals surface area contributed by atoms with Crippen molar-refractivity contribution >= 4 is 33.2 Å². The zero-order chi connectivity index (χ0) is 12.3. The minimum atomic E-state index is -0.640. The van der Waals surface area contributed by atoms with Gasteiger partial charge in [-0.1, -0.05) is 12.8 Å². The lowest BCUT2D eigenvalue weighted by molar-refractivity contribution is -0.139. The van der Waals surface area contributed by atoms with Crippen molar-refractivity contribution < 1.29 is 9.90 Å². The van der Waals surface area contributed by atoms with Gasteiger partial charge in [-0.15, -0.1) is 11.3 Å². The molecular weight excluding hydrogens is 300 g/mol. The van der Waals surface area contributed by atoms with Gasteiger partial charge in [-0.2, -0.15) is 0 Å². The molecule has 0 aromatic carbocycles. The highest BCUT2D eigenvalue weighted by Gasteiger charge is 2.35. The Morgan fingerprint density at radius 2 is 2.12 bits per heavy atom. The van der Waals surface area contributed by atoms with E-state index in [1.54, 1.807) is 11.3 Å². The van der Waals surface area contributed by atoms with Crippen LogP contribution in [0.3, 0.4) is 0 Å². The monoisotopic (exact) mass is 316 g/mol. The lowest BCUT2D eigenvalue weighted by atomic mass is 9.78. The molecule has 1 heterocycles. The van der Waals surface area contributed by atoms with Gasteiger partial charge in [-0.3, -0.25) is 4.79 Å². The molecule has 17 heavy (non-hydrogen) atoms. The summed E-state index contributed by atoms with van der Waals surface area (Å²) in [4.78, 5) is 12.3. The maximum atomic E-state index is 11.0. The summed E-state index contributed by atoms with van der Waals surface area (Å²) in [6, 6.07) is 4.21. The summed E-state index contributed by atoms with van der Waals surface area (Å²) in [6.07, 6.45) is 6.95. The zero-order valence-electron chi connectivity index (χ0n) is 9.75. The molecule has 0 unspecified atom stereocenters. The van der Waals surface area contributed by atoms with Crippen LogP contribution in [-0.4, -0.2) is 11.1 Å². The van der Waals surface area contributed by atoms with E-state index in [9.17, 15) is 4.79 Å². The Labute approximate surface area is 114 Å². The van der Waals surface area contributed by atoms with Crippen LogP contribution in [0.2, 0.25) is 0 Å². The Bertz CT molecular complexity index is 394. The molecule has 0 amide bonds. The summed E-state index contributed by atoms with van der Waals surface area (Å²) < 4.78 is 1.16. The van der Waals surface area contributed by atoms with Gasteiger partial charge >= 0.3 is 5.97 Å². The van der Waals surface area contributed by atoms with Crippen LogP contribution in [0.4, 0.5) is 0 Å². The molecule has 0 radical (unpaired) electrons. The van der Waals surface area contributed by atoms with Gasteiger partial charge in [0.25, 0.3) is 0 Å². The standard InChI is InChI=1S/C13H17BrO2S/c14-11-4-3-10(17-11)5-8-13(9-12(15)16)6-1-2-7-13/h3-4H,1-2,5-9H2,(H,15,16). The van der Waals surface area contributed by atoms with Crippen molar-refractivity contribution in [1.82, 2.24) is 0 Å². The van der Waals surface area contributed by atoms with Crippen LogP contribution >= 0.6 is 27.3 Å². The Morgan fingerprint density at radius 3 is 2.65 bits per heavy atom. The van der Waals surface area contributed by atoms with Crippen LogP contribution in [0.5, 0.6) is 0 Å². The number of carboxylic acid groups (broad SMARTS) is 1. The molecule has 1 saturated carbocycles. The maximum absolute atomic E-state index is 11.0. The van der Waals surface area contributed by atoms with Crippen molar-refractivity contribution in [2.24, 2.45) is 5.41 Å². The van der Waals surface area contributed by atoms with Crippen LogP contribution in [-0.2, 0) is 11.2 Å². The lowest BCUT2D eigenvalue weighted by Gasteiger charge is -2.26. The van der Waals surface area contributed by atoms with Gasteiger partial charge < -0.3 is 5.11 Å². The van der Waals surface area contributed by atoms with Crippen LogP contribution in [0.15, 0.2) is 15.9 Å². The molecule has 0 saturated heterocycles. The van der Waals surface area contributed by atoms with Crippen LogP contribution < -0.4 is 0 Å². The number of carboxylic acids is 1. The first-order chi connectivity index (χ1) is 8.10. The third kappa shape index (κ3) is 3.55. The number of carbonyl (C=O) groups is 1. The molecule has 1 N–H and O–H groups in total. The molecule has 0 atom stereocenters. The molecule has 1 aliphatic carbocycles. The quantitative estimate of drug-likeness (QED) is 0.869. The number of hydrogen-bond donors (Lipinski definition) is 1. The summed E-state index contributed by atoms with van der Waals surface area (Å²) in [6.45, 7) is 0. The molecule has 4 heteroatoms. The Hall–Kier alpha value is -0.350. The number of aliphatic carboxylic acids is 1. The second-order valence-corrected chi connectivity index (χ2v) is 7.53. The van der Waals surface area contributed by atoms with E-state index in [0.29, 0.717) is 6.42 Å². The van der Waals surface area contributed by atoms with Crippen molar-refractivity contribution in [2.45, 2.75) is 44.9 Å². The van der Waals surface area contributed by atoms with E-state index in [1.807, 2.05) is 0 Å². The fourth-order valence-electron chi connectivity index (χ4n) is 2.84. The summed E-state index contributed by atoms with van der Waals surface area (Å²) in [7, 11) is 0. The van der Waals surface area contributed by atoms with Gasteiger partial charge in [0.2, 0.25) is 0 Å². The summed E-state index contributed by atoms with van der Waals surface area (Å²) in [5.74, 6) is -0.640. The third-order valence-electron chi connectivity index (χ3n) is 3.72. The molecule has 1 aromatic heterocycles. The van der Waals surface area contributed by atoms with Crippen molar-refractivity contribution in [2.75, 3.05) is 0 Å². The van der Waals surface area contributed by atoms with Gasteiger partial charge in [-0.05, 0) is 59.2 Å². The van der Waals surface area contributed by atoms with E-state index < -0.39 is 5.97 Å². The fourth-order valence-corrected chi connectivity index (χ4v) is 4.32. The largest absolute Gasteiger partial charge is 0.481 e. The molecule has 1 aliphatic rings. The average Bonchev–Trinajstić information content (AvgIpc) is 2.85. The van der Waals surface area contributed by atoms with Gasteiger partial charge in [0.15, 0.2) is 0 Å². The Morgan fingerprint density at radius 1 is 1.41 bits per heavy atom. The minimum Gasteiger partial charge on any atom is -0.481 e. The van der Waals surface area contributed by atoms with E-state index in [0.717, 1.165) is 29.5 Å². The second kappa shape index (κ2) is 5.53. The van der Waals surface area contributed by atoms with Crippen LogP contribution in [0, 0.1) is 5.41 Å². The first kappa shape index (κ1) is 13.1. The molecule has 1 fully saturated rings. The van der Waals surface area contributed by atoms with E-state index in [2.05, 4.69) is 28.1 Å². The number of hydrogen-bond acceptors (Lipinski definition) is 2. The highest BCUT2D eigenvalue weighted by molar-refractivity contribution is 9.11. The van der Waals surface area contributed by atoms with E-state index in [4.69, 9.17) is 5.11 Å². The summed E-state index contributed by atoms with van der Waals surface area (Å²) >= 11 is 5.22. The number of aryl methyl sites for hydroxylation is 1. The molecule has 0 bridgehead atoms. The number of halogens is 1. The number of thiophene rings is 1. The van der Waals surface area contributed by atoms with Crippen LogP contribution in [0.25, 0.3) is 0 Å². The predicted molar refractivity (Wildman–Crippen MR) is 73.5 cm³/mol. The first-order valence-electron chi connectivity index (χ1n) is 6.06. The molecule has 2 nitrogen and oxygen atoms in total. The summed E-state index contributed by atoms with van der Waals surface area (Å²) in [5.41, 5.74) is 0.0717. The van der Waals surface area contributed by atoms with Crippen molar-refractivity contribution in [3.8, 4) is 0 Å². The highest BCUT2D eigenvalue weighted by atomic mass is 79.9. The first-order valence-corrected chi connectivity index (χ1v) is 7.67. The van der Waals surface area contributed by atoms with E-state index >= 15 is 0 Å². The average molecular weight is 317 g/mol. The predicted octanol–water partition coefficient (Wildman–Crippen LogP) is 4.48. The van der Waals surface area contributed by atoms with E-state index in [1.165, 1.54) is 17.7 Å². The minimum absolute atomic E-state index is 0.0717. The van der Waals surface area contributed by atoms with Crippen molar-refractivity contribution in [3.63, 3.8) is 0 Å². The molecule has 2 rings (SSSR count). The normalized spacial score (nSPS) is 18.4. The lowest BCUT2D eigenvalue weighted by Crippen LogP contribution is -2.21. The smallest absolute Gasteiger partial charge is 0.303 e. The molecular formula is C13H17BrO2S. The zero-order valence-corrected chi connectivity index (χ0v) is 12.1. The number of rotatable bonds is 5. The molecule has 0 spiro atoms. The Balaban J connectivity index is 1.96. The Kier molecular flexibility index (Phi) is 4.26. The van der Waals surface area contributed by atoms with Crippen molar-refractivity contribution in [1.29, 1.82) is 0 Å². The molecule has 94 valence electrons. The second-order valence-electron chi connectivity index (χ2n) is 4.98. The topological polar surface area (TPSA) is 37.3 Å². The van der Waals surface area contributed by atoms with Crippen LogP contribution in [0.1, 0.15) is 43.4 Å². The summed E-state index contributed by atoms with van der Waals surface area (Å²) in [5, 5.41) is 9.04. The molecule has 0 aliphatic heterocycles. The van der Waals surface area contributed by atoms with Gasteiger partial charge in [0, 0.05) is 4.88 Å². The van der Waals surface area contributed by atoms with Gasteiger partial charge in [0.05, 0.1) is 10.2 Å². The molecule has 1 aromatic rings.